The van der Waals surface area contributed by atoms with Gasteiger partial charge >= 0.3 is 0 Å². The summed E-state index contributed by atoms with van der Waals surface area (Å²) >= 11 is 0. The quantitative estimate of drug-likeness (QED) is 0.630. The SMILES string of the molecule is CC1(O)CCN(C(=O)C(C)(C)N)CC1. The second-order valence-corrected chi connectivity index (χ2v) is 5.01. The van der Waals surface area contributed by atoms with Gasteiger partial charge in [-0.15, -0.1) is 0 Å². The largest absolute Gasteiger partial charge is 0.390 e. The monoisotopic (exact) mass is 200 g/mol. The van der Waals surface area contributed by atoms with Crippen molar-refractivity contribution in [1.82, 2.24) is 4.90 Å². The van der Waals surface area contributed by atoms with E-state index in [1.807, 2.05) is 6.92 Å². The molecule has 14 heavy (non-hydrogen) atoms. The highest BCUT2D eigenvalue weighted by Gasteiger charge is 2.34. The summed E-state index contributed by atoms with van der Waals surface area (Å²) in [6.07, 6.45) is 1.27. The van der Waals surface area contributed by atoms with Crippen LogP contribution in [0.5, 0.6) is 0 Å². The molecule has 0 aromatic rings. The summed E-state index contributed by atoms with van der Waals surface area (Å²) in [5, 5.41) is 9.71. The van der Waals surface area contributed by atoms with Crippen LogP contribution in [0, 0.1) is 0 Å². The van der Waals surface area contributed by atoms with Crippen LogP contribution in [0.4, 0.5) is 0 Å². The van der Waals surface area contributed by atoms with E-state index in [1.54, 1.807) is 18.7 Å². The fourth-order valence-electron chi connectivity index (χ4n) is 1.60. The van der Waals surface area contributed by atoms with Crippen LogP contribution in [0.2, 0.25) is 0 Å². The van der Waals surface area contributed by atoms with E-state index in [1.165, 1.54) is 0 Å². The molecule has 0 aromatic carbocycles. The van der Waals surface area contributed by atoms with Gasteiger partial charge in [0.15, 0.2) is 0 Å². The first-order valence-corrected chi connectivity index (χ1v) is 5.03. The Balaban J connectivity index is 2.55. The number of hydrogen-bond donors (Lipinski definition) is 2. The van der Waals surface area contributed by atoms with Crippen LogP contribution in [0.15, 0.2) is 0 Å². The van der Waals surface area contributed by atoms with Gasteiger partial charge in [0.1, 0.15) is 0 Å². The molecule has 0 spiro atoms. The Morgan fingerprint density at radius 2 is 1.86 bits per heavy atom. The van der Waals surface area contributed by atoms with Gasteiger partial charge in [-0.25, -0.2) is 0 Å². The van der Waals surface area contributed by atoms with Crippen molar-refractivity contribution in [1.29, 1.82) is 0 Å². The fraction of sp³-hybridized carbons (Fsp3) is 0.900. The number of carbonyl (C=O) groups excluding carboxylic acids is 1. The molecule has 1 saturated heterocycles. The molecule has 0 atom stereocenters. The number of likely N-dealkylation sites (tertiary alicyclic amines) is 1. The highest BCUT2D eigenvalue weighted by atomic mass is 16.3. The topological polar surface area (TPSA) is 66.6 Å². The van der Waals surface area contributed by atoms with Crippen molar-refractivity contribution in [3.63, 3.8) is 0 Å². The van der Waals surface area contributed by atoms with Crippen LogP contribution in [0.3, 0.4) is 0 Å². The lowest BCUT2D eigenvalue weighted by atomic mass is 9.92. The van der Waals surface area contributed by atoms with Crippen molar-refractivity contribution in [2.75, 3.05) is 13.1 Å². The summed E-state index contributed by atoms with van der Waals surface area (Å²) in [7, 11) is 0. The van der Waals surface area contributed by atoms with Gasteiger partial charge < -0.3 is 15.7 Å². The lowest BCUT2D eigenvalue weighted by molar-refractivity contribution is -0.139. The standard InChI is InChI=1S/C10H20N2O2/c1-9(2,11)8(13)12-6-4-10(3,14)5-7-12/h14H,4-7,11H2,1-3H3. The predicted octanol–water partition coefficient (Wildman–Crippen LogP) is 0.0971. The fourth-order valence-corrected chi connectivity index (χ4v) is 1.60. The van der Waals surface area contributed by atoms with Gasteiger partial charge in [-0.05, 0) is 33.6 Å². The maximum atomic E-state index is 11.7. The smallest absolute Gasteiger partial charge is 0.242 e. The van der Waals surface area contributed by atoms with Gasteiger partial charge in [0.05, 0.1) is 11.1 Å². The molecule has 1 fully saturated rings. The number of nitrogens with zero attached hydrogens (tertiary/aromatic N) is 1. The van der Waals surface area contributed by atoms with E-state index in [0.29, 0.717) is 25.9 Å². The molecule has 0 bridgehead atoms. The highest BCUT2D eigenvalue weighted by molar-refractivity contribution is 5.85. The van der Waals surface area contributed by atoms with E-state index in [0.717, 1.165) is 0 Å². The summed E-state index contributed by atoms with van der Waals surface area (Å²) in [6.45, 7) is 6.44. The van der Waals surface area contributed by atoms with Crippen LogP contribution in [0.25, 0.3) is 0 Å². The Labute approximate surface area is 85.1 Å². The first-order valence-electron chi connectivity index (χ1n) is 5.03. The van der Waals surface area contributed by atoms with Crippen LogP contribution >= 0.6 is 0 Å². The Morgan fingerprint density at radius 1 is 1.43 bits per heavy atom. The average Bonchev–Trinajstić information content (AvgIpc) is 2.01. The minimum Gasteiger partial charge on any atom is -0.390 e. The van der Waals surface area contributed by atoms with Crippen molar-refractivity contribution in [3.8, 4) is 0 Å². The molecule has 1 heterocycles. The zero-order valence-electron chi connectivity index (χ0n) is 9.21. The van der Waals surface area contributed by atoms with E-state index in [2.05, 4.69) is 0 Å². The van der Waals surface area contributed by atoms with Crippen LogP contribution in [-0.2, 0) is 4.79 Å². The van der Waals surface area contributed by atoms with Crippen molar-refractivity contribution in [3.05, 3.63) is 0 Å². The summed E-state index contributed by atoms with van der Waals surface area (Å²) < 4.78 is 0. The van der Waals surface area contributed by atoms with Crippen molar-refractivity contribution < 1.29 is 9.90 Å². The molecule has 0 saturated carbocycles. The predicted molar refractivity (Wildman–Crippen MR) is 54.7 cm³/mol. The van der Waals surface area contributed by atoms with Crippen molar-refractivity contribution in [2.45, 2.75) is 44.8 Å². The molecule has 82 valence electrons. The molecule has 1 rings (SSSR count). The number of carbonyl (C=O) groups is 1. The van der Waals surface area contributed by atoms with Gasteiger partial charge in [0.25, 0.3) is 0 Å². The van der Waals surface area contributed by atoms with Crippen molar-refractivity contribution >= 4 is 5.91 Å². The Kier molecular flexibility index (Phi) is 2.88. The van der Waals surface area contributed by atoms with Gasteiger partial charge in [-0.2, -0.15) is 0 Å². The zero-order chi connectivity index (χ0) is 11.0. The summed E-state index contributed by atoms with van der Waals surface area (Å²) in [5.74, 6) is -0.0343. The van der Waals surface area contributed by atoms with E-state index < -0.39 is 11.1 Å². The summed E-state index contributed by atoms with van der Waals surface area (Å²) in [4.78, 5) is 13.5. The summed E-state index contributed by atoms with van der Waals surface area (Å²) in [5.41, 5.74) is 4.31. The summed E-state index contributed by atoms with van der Waals surface area (Å²) in [6, 6.07) is 0. The zero-order valence-corrected chi connectivity index (χ0v) is 9.21. The third-order valence-corrected chi connectivity index (χ3v) is 2.68. The van der Waals surface area contributed by atoms with E-state index in [-0.39, 0.29) is 5.91 Å². The Hall–Kier alpha value is -0.610. The lowest BCUT2D eigenvalue weighted by Crippen LogP contribution is -2.55. The number of hydrogen-bond acceptors (Lipinski definition) is 3. The molecule has 1 amide bonds. The number of aliphatic hydroxyl groups is 1. The number of amides is 1. The molecule has 4 nitrogen and oxygen atoms in total. The van der Waals surface area contributed by atoms with Gasteiger partial charge in [0, 0.05) is 13.1 Å². The van der Waals surface area contributed by atoms with Crippen LogP contribution in [0.1, 0.15) is 33.6 Å². The molecular formula is C10H20N2O2. The molecule has 0 aliphatic carbocycles. The van der Waals surface area contributed by atoms with Gasteiger partial charge in [-0.1, -0.05) is 0 Å². The minimum atomic E-state index is -0.802. The Morgan fingerprint density at radius 3 is 2.21 bits per heavy atom. The molecule has 4 heteroatoms. The number of nitrogens with two attached hydrogens (primary N) is 1. The first-order chi connectivity index (χ1) is 6.22. The van der Waals surface area contributed by atoms with Crippen LogP contribution in [-0.4, -0.2) is 40.1 Å². The molecular weight excluding hydrogens is 180 g/mol. The molecule has 1 aliphatic rings. The third kappa shape index (κ3) is 2.69. The number of piperidine rings is 1. The second kappa shape index (κ2) is 3.51. The maximum absolute atomic E-state index is 11.7. The molecule has 1 aliphatic heterocycles. The molecule has 0 unspecified atom stereocenters. The second-order valence-electron chi connectivity index (χ2n) is 5.01. The number of rotatable bonds is 1. The highest BCUT2D eigenvalue weighted by Crippen LogP contribution is 2.22. The van der Waals surface area contributed by atoms with Crippen LogP contribution < -0.4 is 5.73 Å². The van der Waals surface area contributed by atoms with Crippen molar-refractivity contribution in [2.24, 2.45) is 5.73 Å². The van der Waals surface area contributed by atoms with E-state index >= 15 is 0 Å². The van der Waals surface area contributed by atoms with E-state index in [4.69, 9.17) is 5.73 Å². The van der Waals surface area contributed by atoms with Gasteiger partial charge in [0.2, 0.25) is 5.91 Å². The minimum absolute atomic E-state index is 0.0343. The third-order valence-electron chi connectivity index (χ3n) is 2.68. The molecule has 0 radical (unpaired) electrons. The molecule has 0 aromatic heterocycles. The lowest BCUT2D eigenvalue weighted by Gasteiger charge is -2.38. The maximum Gasteiger partial charge on any atom is 0.242 e. The Bertz CT molecular complexity index is 221. The normalized spacial score (nSPS) is 22.2. The average molecular weight is 200 g/mol. The first kappa shape index (κ1) is 11.5. The van der Waals surface area contributed by atoms with E-state index in [9.17, 15) is 9.90 Å². The van der Waals surface area contributed by atoms with Gasteiger partial charge in [-0.3, -0.25) is 4.79 Å². The molecule has 3 N–H and O–H groups in total.